The van der Waals surface area contributed by atoms with Crippen LogP contribution in [-0.2, 0) is 4.74 Å². The molecule has 0 aliphatic carbocycles. The molecule has 0 radical (unpaired) electrons. The number of rotatable bonds is 5. The van der Waals surface area contributed by atoms with Crippen molar-refractivity contribution >= 4 is 12.4 Å². The van der Waals surface area contributed by atoms with E-state index in [1.807, 2.05) is 20.8 Å². The fraction of sp³-hybridized carbons (Fsp3) is 0.500. The smallest absolute Gasteiger partial charge is 0.491 e. The summed E-state index contributed by atoms with van der Waals surface area (Å²) in [5, 5.41) is 0. The molecule has 2 nitrogen and oxygen atoms in total. The van der Waals surface area contributed by atoms with Crippen molar-refractivity contribution in [1.82, 2.24) is 0 Å². The Bertz CT molecular complexity index is 391. The first-order valence-corrected chi connectivity index (χ1v) is 5.75. The van der Waals surface area contributed by atoms with Crippen molar-refractivity contribution in [2.24, 2.45) is 0 Å². The quantitative estimate of drug-likeness (QED) is 0.560. The maximum Gasteiger partial charge on any atom is 1.00 e. The summed E-state index contributed by atoms with van der Waals surface area (Å²) in [4.78, 5) is 0. The van der Waals surface area contributed by atoms with Gasteiger partial charge in [-0.25, -0.2) is 0 Å². The summed E-state index contributed by atoms with van der Waals surface area (Å²) in [7, 11) is 0. The fourth-order valence-electron chi connectivity index (χ4n) is 1.32. The molecule has 19 heavy (non-hydrogen) atoms. The van der Waals surface area contributed by atoms with Crippen molar-refractivity contribution in [3.63, 3.8) is 0 Å². The van der Waals surface area contributed by atoms with Crippen LogP contribution in [0.4, 0.5) is 12.9 Å². The van der Waals surface area contributed by atoms with Crippen molar-refractivity contribution < 1.29 is 73.8 Å². The molecule has 0 atom stereocenters. The third-order valence-corrected chi connectivity index (χ3v) is 2.12. The second-order valence-corrected chi connectivity index (χ2v) is 4.96. The number of halogens is 3. The predicted octanol–water partition coefficient (Wildman–Crippen LogP) is -0.0611. The number of ether oxygens (including phenoxy) is 2. The van der Waals surface area contributed by atoms with Crippen molar-refractivity contribution in [2.45, 2.75) is 26.4 Å². The van der Waals surface area contributed by atoms with E-state index < -0.39 is 12.4 Å². The van der Waals surface area contributed by atoms with Crippen LogP contribution in [0.1, 0.15) is 20.8 Å². The number of benzene rings is 1. The van der Waals surface area contributed by atoms with Gasteiger partial charge in [-0.1, -0.05) is 12.1 Å². The largest absolute Gasteiger partial charge is 1.00 e. The summed E-state index contributed by atoms with van der Waals surface area (Å²) < 4.78 is 48.1. The molecule has 0 aromatic heterocycles. The van der Waals surface area contributed by atoms with Crippen molar-refractivity contribution in [1.29, 1.82) is 0 Å². The number of hydrogen-bond donors (Lipinski definition) is 0. The summed E-state index contributed by atoms with van der Waals surface area (Å²) in [6, 6.07) is 4.89. The molecule has 1 rings (SSSR count). The van der Waals surface area contributed by atoms with E-state index in [1.165, 1.54) is 12.1 Å². The predicted molar refractivity (Wildman–Crippen MR) is 66.4 cm³/mol. The van der Waals surface area contributed by atoms with E-state index in [0.717, 1.165) is 12.1 Å². The zero-order chi connectivity index (χ0) is 13.8. The van der Waals surface area contributed by atoms with Gasteiger partial charge in [-0.15, -0.1) is 5.46 Å². The van der Waals surface area contributed by atoms with Crippen molar-refractivity contribution in [3.8, 4) is 5.75 Å². The summed E-state index contributed by atoms with van der Waals surface area (Å²) in [6.07, 6.45) is 0. The molecule has 102 valence electrons. The number of hydrogen-bond acceptors (Lipinski definition) is 2. The van der Waals surface area contributed by atoms with Crippen LogP contribution in [0.5, 0.6) is 5.75 Å². The van der Waals surface area contributed by atoms with Gasteiger partial charge in [0.25, 0.3) is 0 Å². The van der Waals surface area contributed by atoms with E-state index in [9.17, 15) is 12.9 Å². The van der Waals surface area contributed by atoms with Gasteiger partial charge in [-0.05, 0) is 32.9 Å². The van der Waals surface area contributed by atoms with Gasteiger partial charge in [-0.2, -0.15) is 0 Å². The Kier molecular flexibility index (Phi) is 8.25. The van der Waals surface area contributed by atoms with Crippen LogP contribution in [0.2, 0.25) is 0 Å². The minimum atomic E-state index is -4.98. The molecule has 0 saturated carbocycles. The molecule has 0 heterocycles. The monoisotopic (exact) mass is 300 g/mol. The molecule has 0 aliphatic rings. The Morgan fingerprint density at radius 2 is 1.74 bits per heavy atom. The van der Waals surface area contributed by atoms with E-state index in [-0.39, 0.29) is 69.3 Å². The SMILES string of the molecule is CC(C)(C)OCCOc1cccc([B-](F)(F)F)c1.[K+]. The van der Waals surface area contributed by atoms with Crippen LogP contribution < -0.4 is 61.6 Å². The minimum absolute atomic E-state index is 0. The zero-order valence-corrected chi connectivity index (χ0v) is 14.9. The van der Waals surface area contributed by atoms with E-state index >= 15 is 0 Å². The molecule has 0 fully saturated rings. The molecule has 0 aliphatic heterocycles. The molecule has 0 unspecified atom stereocenters. The maximum atomic E-state index is 12.5. The third-order valence-electron chi connectivity index (χ3n) is 2.12. The van der Waals surface area contributed by atoms with Crippen LogP contribution in [0.3, 0.4) is 0 Å². The molecule has 1 aromatic rings. The molecule has 0 bridgehead atoms. The van der Waals surface area contributed by atoms with Crippen LogP contribution >= 0.6 is 0 Å². The first-order chi connectivity index (χ1) is 8.18. The second kappa shape index (κ2) is 8.05. The topological polar surface area (TPSA) is 18.5 Å². The summed E-state index contributed by atoms with van der Waals surface area (Å²) in [5.41, 5.74) is -0.926. The van der Waals surface area contributed by atoms with Gasteiger partial charge >= 0.3 is 58.4 Å². The maximum absolute atomic E-state index is 12.5. The van der Waals surface area contributed by atoms with Gasteiger partial charge < -0.3 is 22.4 Å². The van der Waals surface area contributed by atoms with Crippen molar-refractivity contribution in [2.75, 3.05) is 13.2 Å². The van der Waals surface area contributed by atoms with E-state index in [1.54, 1.807) is 0 Å². The Labute approximate surface area is 154 Å². The average Bonchev–Trinajstić information content (AvgIpc) is 2.22. The molecular weight excluding hydrogens is 283 g/mol. The van der Waals surface area contributed by atoms with Gasteiger partial charge in [-0.3, -0.25) is 0 Å². The first-order valence-electron chi connectivity index (χ1n) is 5.75. The molecule has 7 heteroatoms. The minimum Gasteiger partial charge on any atom is -0.491 e. The van der Waals surface area contributed by atoms with Gasteiger partial charge in [0.05, 0.1) is 12.2 Å². The second-order valence-electron chi connectivity index (χ2n) is 4.96. The average molecular weight is 300 g/mol. The van der Waals surface area contributed by atoms with Crippen LogP contribution in [0, 0.1) is 0 Å². The van der Waals surface area contributed by atoms with Gasteiger partial charge in [0.1, 0.15) is 12.4 Å². The van der Waals surface area contributed by atoms with Gasteiger partial charge in [0.2, 0.25) is 0 Å². The standard InChI is InChI=1S/C12H17BF3O2.K/c1-12(2,3)18-8-7-17-11-6-4-5-10(9-11)13(14,15)16;/h4-6,9H,7-8H2,1-3H3;/q-1;+1. The summed E-state index contributed by atoms with van der Waals surface area (Å²) in [5.74, 6) is 0.212. The Morgan fingerprint density at radius 3 is 2.26 bits per heavy atom. The third kappa shape index (κ3) is 8.37. The Hall–Kier alpha value is 0.471. The van der Waals surface area contributed by atoms with Crippen molar-refractivity contribution in [3.05, 3.63) is 24.3 Å². The van der Waals surface area contributed by atoms with Crippen LogP contribution in [0.25, 0.3) is 0 Å². The molecule has 0 amide bonds. The first kappa shape index (κ1) is 19.5. The Balaban J connectivity index is 0.00000324. The van der Waals surface area contributed by atoms with Crippen LogP contribution in [-0.4, -0.2) is 25.8 Å². The van der Waals surface area contributed by atoms with E-state index in [4.69, 9.17) is 9.47 Å². The van der Waals surface area contributed by atoms with E-state index in [2.05, 4.69) is 0 Å². The summed E-state index contributed by atoms with van der Waals surface area (Å²) >= 11 is 0. The van der Waals surface area contributed by atoms with Gasteiger partial charge in [0.15, 0.2) is 0 Å². The molecular formula is C12H17BF3KO2. The Morgan fingerprint density at radius 1 is 1.11 bits per heavy atom. The normalized spacial score (nSPS) is 11.9. The summed E-state index contributed by atoms with van der Waals surface area (Å²) in [6.45, 7) is 1.29. The molecule has 0 spiro atoms. The molecule has 0 N–H and O–H groups in total. The van der Waals surface area contributed by atoms with Gasteiger partial charge in [0, 0.05) is 0 Å². The molecule has 0 saturated heterocycles. The zero-order valence-electron chi connectivity index (χ0n) is 11.8. The van der Waals surface area contributed by atoms with Crippen LogP contribution in [0.15, 0.2) is 24.3 Å². The molecule has 1 aromatic carbocycles. The van der Waals surface area contributed by atoms with E-state index in [0.29, 0.717) is 6.61 Å². The fourth-order valence-corrected chi connectivity index (χ4v) is 1.32.